The zero-order valence-corrected chi connectivity index (χ0v) is 17.5. The second kappa shape index (κ2) is 11.2. The molecule has 0 atom stereocenters. The number of methoxy groups -OCH3 is 2. The smallest absolute Gasteiger partial charge is 0.250 e. The lowest BCUT2D eigenvalue weighted by Gasteiger charge is -2.26. The summed E-state index contributed by atoms with van der Waals surface area (Å²) in [7, 11) is 6.87. The van der Waals surface area contributed by atoms with Gasteiger partial charge in [0.05, 0.1) is 0 Å². The highest BCUT2D eigenvalue weighted by molar-refractivity contribution is 5.92. The Morgan fingerprint density at radius 2 is 1.62 bits per heavy atom. The lowest BCUT2D eigenvalue weighted by Crippen LogP contribution is -2.33. The summed E-state index contributed by atoms with van der Waals surface area (Å²) in [5.74, 6) is -0.331. The van der Waals surface area contributed by atoms with E-state index >= 15 is 0 Å². The van der Waals surface area contributed by atoms with Gasteiger partial charge in [-0.05, 0) is 29.3 Å². The zero-order chi connectivity index (χ0) is 21.2. The van der Waals surface area contributed by atoms with Crippen molar-refractivity contribution >= 4 is 23.2 Å². The molecule has 29 heavy (non-hydrogen) atoms. The van der Waals surface area contributed by atoms with E-state index in [1.807, 2.05) is 67.5 Å². The first-order chi connectivity index (χ1) is 13.9. The van der Waals surface area contributed by atoms with Gasteiger partial charge in [-0.3, -0.25) is 9.59 Å². The van der Waals surface area contributed by atoms with E-state index in [1.165, 1.54) is 14.2 Å². The van der Waals surface area contributed by atoms with Crippen LogP contribution in [0, 0.1) is 0 Å². The number of hydrogen-bond acceptors (Lipinski definition) is 5. The number of anilines is 2. The van der Waals surface area contributed by atoms with Gasteiger partial charge in [-0.25, -0.2) is 0 Å². The molecule has 0 aliphatic heterocycles. The summed E-state index contributed by atoms with van der Waals surface area (Å²) in [4.78, 5) is 28.3. The molecule has 7 heteroatoms. The molecule has 7 nitrogen and oxygen atoms in total. The van der Waals surface area contributed by atoms with Gasteiger partial charge in [0, 0.05) is 52.8 Å². The van der Waals surface area contributed by atoms with E-state index in [-0.39, 0.29) is 25.0 Å². The van der Waals surface area contributed by atoms with Gasteiger partial charge in [-0.2, -0.15) is 0 Å². The Hall–Kier alpha value is -2.90. The van der Waals surface area contributed by atoms with Crippen molar-refractivity contribution in [3.63, 3.8) is 0 Å². The van der Waals surface area contributed by atoms with Gasteiger partial charge >= 0.3 is 0 Å². The van der Waals surface area contributed by atoms with Crippen molar-refractivity contribution in [3.8, 4) is 0 Å². The monoisotopic (exact) mass is 399 g/mol. The molecule has 2 aromatic carbocycles. The minimum atomic E-state index is -0.229. The predicted octanol–water partition coefficient (Wildman–Crippen LogP) is 2.51. The Morgan fingerprint density at radius 1 is 0.931 bits per heavy atom. The molecule has 2 rings (SSSR count). The van der Waals surface area contributed by atoms with E-state index in [1.54, 1.807) is 4.90 Å². The molecular formula is C22H29N3O4. The molecule has 0 heterocycles. The molecule has 0 saturated carbocycles. The van der Waals surface area contributed by atoms with Crippen molar-refractivity contribution in [2.75, 3.05) is 51.7 Å². The topological polar surface area (TPSA) is 71.1 Å². The highest BCUT2D eigenvalue weighted by atomic mass is 16.5. The van der Waals surface area contributed by atoms with Gasteiger partial charge in [-0.15, -0.1) is 0 Å². The summed E-state index contributed by atoms with van der Waals surface area (Å²) in [5.41, 5.74) is 3.59. The Balaban J connectivity index is 2.30. The maximum atomic E-state index is 12.7. The maximum absolute atomic E-state index is 12.7. The number of amides is 2. The highest BCUT2D eigenvalue weighted by Gasteiger charge is 2.17. The number of carbonyl (C=O) groups excluding carboxylic acids is 2. The van der Waals surface area contributed by atoms with Gasteiger partial charge in [0.1, 0.15) is 13.2 Å². The van der Waals surface area contributed by atoms with Crippen molar-refractivity contribution in [1.29, 1.82) is 0 Å². The molecule has 0 aromatic heterocycles. The summed E-state index contributed by atoms with van der Waals surface area (Å²) < 4.78 is 9.94. The number of carbonyl (C=O) groups is 2. The molecule has 0 fully saturated rings. The standard InChI is InChI=1S/C22H29N3O4/c1-24(2)20-11-10-19(23-21(26)15-28-3)12-18(20)14-25(22(27)16-29-4)13-17-8-6-5-7-9-17/h5-12H,13-16H2,1-4H3,(H,23,26). The first-order valence-corrected chi connectivity index (χ1v) is 9.34. The second-order valence-electron chi connectivity index (χ2n) is 6.89. The summed E-state index contributed by atoms with van der Waals surface area (Å²) in [6.07, 6.45) is 0. The van der Waals surface area contributed by atoms with E-state index in [4.69, 9.17) is 9.47 Å². The minimum Gasteiger partial charge on any atom is -0.377 e. The summed E-state index contributed by atoms with van der Waals surface area (Å²) in [5, 5.41) is 2.82. The molecule has 0 saturated heterocycles. The first kappa shape index (κ1) is 22.4. The van der Waals surface area contributed by atoms with Crippen LogP contribution in [0.1, 0.15) is 11.1 Å². The van der Waals surface area contributed by atoms with Crippen molar-refractivity contribution in [3.05, 3.63) is 59.7 Å². The van der Waals surface area contributed by atoms with Gasteiger partial charge in [0.2, 0.25) is 11.8 Å². The Morgan fingerprint density at radius 3 is 2.24 bits per heavy atom. The molecule has 0 spiro atoms. The number of ether oxygens (including phenoxy) is 2. The fourth-order valence-electron chi connectivity index (χ4n) is 3.01. The normalized spacial score (nSPS) is 10.5. The minimum absolute atomic E-state index is 0.00833. The third-order valence-corrected chi connectivity index (χ3v) is 4.32. The Labute approximate surface area is 172 Å². The van der Waals surface area contributed by atoms with Crippen LogP contribution in [0.15, 0.2) is 48.5 Å². The summed E-state index contributed by atoms with van der Waals surface area (Å²) in [6.45, 7) is 0.848. The molecule has 0 unspecified atom stereocenters. The average Bonchev–Trinajstić information content (AvgIpc) is 2.68. The lowest BCUT2D eigenvalue weighted by atomic mass is 10.1. The Bertz CT molecular complexity index is 809. The van der Waals surface area contributed by atoms with Crippen LogP contribution in [0.3, 0.4) is 0 Å². The molecule has 0 aliphatic carbocycles. The number of nitrogens with zero attached hydrogens (tertiary/aromatic N) is 2. The molecule has 2 amide bonds. The van der Waals surface area contributed by atoms with E-state index < -0.39 is 0 Å². The Kier molecular flexibility index (Phi) is 8.64. The predicted molar refractivity (Wildman–Crippen MR) is 114 cm³/mol. The van der Waals surface area contributed by atoms with Crippen molar-refractivity contribution < 1.29 is 19.1 Å². The second-order valence-corrected chi connectivity index (χ2v) is 6.89. The van der Waals surface area contributed by atoms with Gasteiger partial charge < -0.3 is 24.6 Å². The van der Waals surface area contributed by atoms with Crippen LogP contribution in [0.4, 0.5) is 11.4 Å². The number of rotatable bonds is 10. The summed E-state index contributed by atoms with van der Waals surface area (Å²) in [6, 6.07) is 15.5. The average molecular weight is 399 g/mol. The van der Waals surface area contributed by atoms with Crippen LogP contribution in [0.5, 0.6) is 0 Å². The van der Waals surface area contributed by atoms with Crippen LogP contribution in [-0.4, -0.2) is 58.2 Å². The van der Waals surface area contributed by atoms with Crippen LogP contribution < -0.4 is 10.2 Å². The maximum Gasteiger partial charge on any atom is 0.250 e. The van der Waals surface area contributed by atoms with Crippen molar-refractivity contribution in [2.24, 2.45) is 0 Å². The van der Waals surface area contributed by atoms with Gasteiger partial charge in [0.15, 0.2) is 0 Å². The molecule has 2 aromatic rings. The number of benzene rings is 2. The molecular weight excluding hydrogens is 370 g/mol. The third-order valence-electron chi connectivity index (χ3n) is 4.32. The van der Waals surface area contributed by atoms with Gasteiger partial charge in [-0.1, -0.05) is 30.3 Å². The molecule has 0 bridgehead atoms. The fourth-order valence-corrected chi connectivity index (χ4v) is 3.01. The quantitative estimate of drug-likeness (QED) is 0.665. The molecule has 156 valence electrons. The van der Waals surface area contributed by atoms with Gasteiger partial charge in [0.25, 0.3) is 0 Å². The lowest BCUT2D eigenvalue weighted by molar-refractivity contribution is -0.136. The van der Waals surface area contributed by atoms with Crippen LogP contribution in [0.25, 0.3) is 0 Å². The van der Waals surface area contributed by atoms with E-state index in [0.717, 1.165) is 16.8 Å². The van der Waals surface area contributed by atoms with E-state index in [9.17, 15) is 9.59 Å². The van der Waals surface area contributed by atoms with Crippen molar-refractivity contribution in [1.82, 2.24) is 4.90 Å². The summed E-state index contributed by atoms with van der Waals surface area (Å²) >= 11 is 0. The first-order valence-electron chi connectivity index (χ1n) is 9.34. The van der Waals surface area contributed by atoms with E-state index in [2.05, 4.69) is 5.32 Å². The molecule has 0 aliphatic rings. The molecule has 1 N–H and O–H groups in total. The third kappa shape index (κ3) is 6.89. The number of hydrogen-bond donors (Lipinski definition) is 1. The zero-order valence-electron chi connectivity index (χ0n) is 17.5. The largest absolute Gasteiger partial charge is 0.377 e. The van der Waals surface area contributed by atoms with Crippen LogP contribution >= 0.6 is 0 Å². The molecule has 0 radical (unpaired) electrons. The van der Waals surface area contributed by atoms with E-state index in [0.29, 0.717) is 18.8 Å². The van der Waals surface area contributed by atoms with Crippen molar-refractivity contribution in [2.45, 2.75) is 13.1 Å². The SMILES string of the molecule is COCC(=O)Nc1ccc(N(C)C)c(CN(Cc2ccccc2)C(=O)COC)c1. The fraction of sp³-hybridized carbons (Fsp3) is 0.364. The highest BCUT2D eigenvalue weighted by Crippen LogP contribution is 2.25. The van der Waals surface area contributed by atoms with Crippen LogP contribution in [-0.2, 0) is 32.2 Å². The number of nitrogens with one attached hydrogen (secondary N) is 1. The van der Waals surface area contributed by atoms with Crippen LogP contribution in [0.2, 0.25) is 0 Å².